The highest BCUT2D eigenvalue weighted by Gasteiger charge is 2.19. The van der Waals surface area contributed by atoms with Crippen molar-refractivity contribution in [3.8, 4) is 0 Å². The van der Waals surface area contributed by atoms with Crippen LogP contribution in [-0.2, 0) is 0 Å². The summed E-state index contributed by atoms with van der Waals surface area (Å²) in [5, 5.41) is 0. The molecule has 0 bridgehead atoms. The first kappa shape index (κ1) is 7.93. The first-order chi connectivity index (χ1) is 2.94. The number of halogens is 2. The summed E-state index contributed by atoms with van der Waals surface area (Å²) in [7, 11) is 0. The smallest absolute Gasteiger partial charge is 0.121 e. The molecule has 0 radical (unpaired) electrons. The van der Waals surface area contributed by atoms with Crippen LogP contribution in [0.15, 0.2) is 0 Å². The normalized spacial score (nSPS) is 12.9. The van der Waals surface area contributed by atoms with E-state index in [2.05, 4.69) is 12.6 Å². The molecular weight excluding hydrogens is 151 g/mol. The number of thiol groups is 1. The van der Waals surface area contributed by atoms with E-state index >= 15 is 0 Å². The van der Waals surface area contributed by atoms with E-state index in [-0.39, 0.29) is 4.75 Å². The Morgan fingerprint density at radius 1 is 1.43 bits per heavy atom. The maximum Gasteiger partial charge on any atom is 0.121 e. The molecule has 0 aliphatic heterocycles. The lowest BCUT2D eigenvalue weighted by Crippen LogP contribution is -2.19. The van der Waals surface area contributed by atoms with Crippen molar-refractivity contribution < 1.29 is 0 Å². The van der Waals surface area contributed by atoms with Crippen molar-refractivity contribution >= 4 is 35.8 Å². The lowest BCUT2D eigenvalue weighted by Gasteiger charge is -2.17. The first-order valence-corrected chi connectivity index (χ1v) is 3.27. The van der Waals surface area contributed by atoms with Gasteiger partial charge in [-0.1, -0.05) is 0 Å². The van der Waals surface area contributed by atoms with Crippen LogP contribution < -0.4 is 0 Å². The molecule has 0 spiro atoms. The zero-order chi connectivity index (χ0) is 6.08. The summed E-state index contributed by atoms with van der Waals surface area (Å²) in [6.07, 6.45) is 0. The summed E-state index contributed by atoms with van der Waals surface area (Å²) >= 11 is 15.0. The van der Waals surface area contributed by atoms with Crippen molar-refractivity contribution in [2.75, 3.05) is 0 Å². The fourth-order valence-corrected chi connectivity index (χ4v) is 0. The molecule has 0 saturated carbocycles. The average Bonchev–Trinajstić information content (AvgIpc) is 1.31. The second-order valence-electron chi connectivity index (χ2n) is 1.95. The highest BCUT2D eigenvalue weighted by Crippen LogP contribution is 2.24. The first-order valence-electron chi connectivity index (χ1n) is 1.95. The number of hydrogen-bond donors (Lipinski definition) is 1. The molecule has 0 nitrogen and oxygen atoms in total. The van der Waals surface area contributed by atoms with Crippen LogP contribution in [0.25, 0.3) is 0 Å². The van der Waals surface area contributed by atoms with E-state index in [1.807, 2.05) is 13.8 Å². The molecule has 0 aromatic rings. The van der Waals surface area contributed by atoms with Crippen LogP contribution in [0.1, 0.15) is 13.8 Å². The van der Waals surface area contributed by atoms with E-state index in [9.17, 15) is 0 Å². The van der Waals surface area contributed by atoms with Gasteiger partial charge in [0.2, 0.25) is 0 Å². The Bertz CT molecular complexity index is 55.2. The zero-order valence-electron chi connectivity index (χ0n) is 4.28. The van der Waals surface area contributed by atoms with Crippen LogP contribution in [0.2, 0.25) is 0 Å². The minimum Gasteiger partial charge on any atom is -0.170 e. The van der Waals surface area contributed by atoms with Gasteiger partial charge in [0.1, 0.15) is 4.84 Å². The lowest BCUT2D eigenvalue weighted by molar-refractivity contribution is 0.782. The van der Waals surface area contributed by atoms with Gasteiger partial charge >= 0.3 is 0 Å². The van der Waals surface area contributed by atoms with Crippen LogP contribution in [0.3, 0.4) is 0 Å². The molecule has 0 aromatic carbocycles. The van der Waals surface area contributed by atoms with E-state index in [1.54, 1.807) is 0 Å². The second-order valence-corrected chi connectivity index (χ2v) is 4.20. The number of rotatable bonds is 1. The minimum atomic E-state index is -0.393. The van der Waals surface area contributed by atoms with Crippen molar-refractivity contribution in [2.45, 2.75) is 23.4 Å². The van der Waals surface area contributed by atoms with Crippen LogP contribution in [0, 0.1) is 0 Å². The topological polar surface area (TPSA) is 0 Å². The fraction of sp³-hybridized carbons (Fsp3) is 1.00. The van der Waals surface area contributed by atoms with Gasteiger partial charge in [0.25, 0.3) is 0 Å². The Balaban J connectivity index is 3.54. The predicted molar refractivity (Wildman–Crippen MR) is 38.6 cm³/mol. The standard InChI is InChI=1S/C4H8Cl2S/c1-4(2,7)3(5)6/h3,7H,1-2H3. The van der Waals surface area contributed by atoms with Crippen molar-refractivity contribution in [3.05, 3.63) is 0 Å². The molecule has 0 saturated heterocycles. The molecule has 0 rings (SSSR count). The quantitative estimate of drug-likeness (QED) is 0.441. The summed E-state index contributed by atoms with van der Waals surface area (Å²) in [5.41, 5.74) is 0. The molecule has 0 atom stereocenters. The van der Waals surface area contributed by atoms with E-state index < -0.39 is 4.84 Å². The Morgan fingerprint density at radius 3 is 1.57 bits per heavy atom. The Hall–Kier alpha value is 0.930. The van der Waals surface area contributed by atoms with E-state index in [4.69, 9.17) is 23.2 Å². The lowest BCUT2D eigenvalue weighted by atomic mass is 10.2. The molecule has 0 heterocycles. The molecule has 0 amide bonds. The Labute approximate surface area is 59.6 Å². The van der Waals surface area contributed by atoms with Gasteiger partial charge in [-0.3, -0.25) is 0 Å². The molecule has 7 heavy (non-hydrogen) atoms. The minimum absolute atomic E-state index is 0.275. The van der Waals surface area contributed by atoms with Crippen molar-refractivity contribution in [1.82, 2.24) is 0 Å². The third kappa shape index (κ3) is 3.51. The highest BCUT2D eigenvalue weighted by molar-refractivity contribution is 7.82. The molecule has 0 unspecified atom stereocenters. The summed E-state index contributed by atoms with van der Waals surface area (Å²) in [5.74, 6) is 0. The van der Waals surface area contributed by atoms with E-state index in [0.717, 1.165) is 0 Å². The van der Waals surface area contributed by atoms with Gasteiger partial charge in [0.15, 0.2) is 0 Å². The third-order valence-corrected chi connectivity index (χ3v) is 2.19. The van der Waals surface area contributed by atoms with Gasteiger partial charge in [0.05, 0.1) is 0 Å². The Morgan fingerprint density at radius 2 is 1.57 bits per heavy atom. The van der Waals surface area contributed by atoms with Gasteiger partial charge in [-0.25, -0.2) is 0 Å². The van der Waals surface area contributed by atoms with Crippen molar-refractivity contribution in [3.63, 3.8) is 0 Å². The molecule has 0 aliphatic rings. The summed E-state index contributed by atoms with van der Waals surface area (Å²) < 4.78 is -0.275. The predicted octanol–water partition coefficient (Wildman–Crippen LogP) is 2.50. The molecule has 0 aromatic heterocycles. The van der Waals surface area contributed by atoms with Crippen LogP contribution in [-0.4, -0.2) is 9.58 Å². The highest BCUT2D eigenvalue weighted by atomic mass is 35.5. The molecule has 44 valence electrons. The van der Waals surface area contributed by atoms with Crippen LogP contribution >= 0.6 is 35.8 Å². The van der Waals surface area contributed by atoms with Gasteiger partial charge in [-0.05, 0) is 13.8 Å². The average molecular weight is 159 g/mol. The monoisotopic (exact) mass is 158 g/mol. The fourth-order valence-electron chi connectivity index (χ4n) is 0. The molecular formula is C4H8Cl2S. The SMILES string of the molecule is CC(C)(S)C(Cl)Cl. The zero-order valence-corrected chi connectivity index (χ0v) is 6.69. The second kappa shape index (κ2) is 2.47. The summed E-state index contributed by atoms with van der Waals surface area (Å²) in [6.45, 7) is 3.72. The number of alkyl halides is 2. The van der Waals surface area contributed by atoms with Gasteiger partial charge in [-0.2, -0.15) is 12.6 Å². The molecule has 3 heteroatoms. The van der Waals surface area contributed by atoms with Gasteiger partial charge in [0, 0.05) is 4.75 Å². The summed E-state index contributed by atoms with van der Waals surface area (Å²) in [6, 6.07) is 0. The maximum atomic E-state index is 5.44. The molecule has 0 N–H and O–H groups in total. The van der Waals surface area contributed by atoms with Crippen molar-refractivity contribution in [2.24, 2.45) is 0 Å². The van der Waals surface area contributed by atoms with Gasteiger partial charge in [-0.15, -0.1) is 23.2 Å². The van der Waals surface area contributed by atoms with E-state index in [0.29, 0.717) is 0 Å². The third-order valence-electron chi connectivity index (χ3n) is 0.534. The molecule has 0 fully saturated rings. The van der Waals surface area contributed by atoms with Crippen LogP contribution in [0.4, 0.5) is 0 Å². The summed E-state index contributed by atoms with van der Waals surface area (Å²) in [4.78, 5) is -0.393. The van der Waals surface area contributed by atoms with Crippen LogP contribution in [0.5, 0.6) is 0 Å². The largest absolute Gasteiger partial charge is 0.170 e. The Kier molecular flexibility index (Phi) is 2.80. The van der Waals surface area contributed by atoms with E-state index in [1.165, 1.54) is 0 Å². The molecule has 0 aliphatic carbocycles. The van der Waals surface area contributed by atoms with Crippen molar-refractivity contribution in [1.29, 1.82) is 0 Å². The van der Waals surface area contributed by atoms with Gasteiger partial charge < -0.3 is 0 Å². The number of hydrogen-bond acceptors (Lipinski definition) is 1. The maximum absolute atomic E-state index is 5.44.